The van der Waals surface area contributed by atoms with Gasteiger partial charge in [0.15, 0.2) is 15.6 Å². The van der Waals surface area contributed by atoms with Crippen molar-refractivity contribution in [3.63, 3.8) is 0 Å². The zero-order valence-electron chi connectivity index (χ0n) is 9.21. The van der Waals surface area contributed by atoms with E-state index in [1.807, 2.05) is 0 Å². The number of carbonyl (C=O) groups excluding carboxylic acids is 1. The summed E-state index contributed by atoms with van der Waals surface area (Å²) >= 11 is 0. The second kappa shape index (κ2) is 5.12. The van der Waals surface area contributed by atoms with Crippen LogP contribution in [0.5, 0.6) is 0 Å². The van der Waals surface area contributed by atoms with Gasteiger partial charge in [-0.25, -0.2) is 8.42 Å². The van der Waals surface area contributed by atoms with Crippen molar-refractivity contribution in [3.8, 4) is 0 Å². The van der Waals surface area contributed by atoms with E-state index >= 15 is 0 Å². The van der Waals surface area contributed by atoms with Crippen molar-refractivity contribution in [2.75, 3.05) is 5.75 Å². The van der Waals surface area contributed by atoms with Gasteiger partial charge in [0.1, 0.15) is 0 Å². The summed E-state index contributed by atoms with van der Waals surface area (Å²) in [5.41, 5.74) is 0. The third-order valence-corrected chi connectivity index (χ3v) is 3.38. The van der Waals surface area contributed by atoms with Crippen LogP contribution >= 0.6 is 0 Å². The summed E-state index contributed by atoms with van der Waals surface area (Å²) < 4.78 is 28.2. The topological polar surface area (TPSA) is 60.4 Å². The molecular weight excluding hydrogens is 228 g/mol. The lowest BCUT2D eigenvalue weighted by Gasteiger charge is -2.08. The number of hydrogen-bond acceptors (Lipinski definition) is 4. The zero-order valence-corrected chi connectivity index (χ0v) is 10.0. The first-order valence-corrected chi connectivity index (χ1v) is 6.54. The number of ether oxygens (including phenoxy) is 1. The van der Waals surface area contributed by atoms with Gasteiger partial charge in [-0.1, -0.05) is 18.2 Å². The number of esters is 1. The molecule has 0 aromatic heterocycles. The minimum Gasteiger partial charge on any atom is -0.462 e. The molecule has 0 heterocycles. The molecule has 16 heavy (non-hydrogen) atoms. The number of rotatable bonds is 4. The van der Waals surface area contributed by atoms with E-state index in [0.29, 0.717) is 0 Å². The summed E-state index contributed by atoms with van der Waals surface area (Å²) in [6, 6.07) is 7.85. The summed E-state index contributed by atoms with van der Waals surface area (Å²) in [6.45, 7) is 3.35. The molecule has 0 aliphatic heterocycles. The highest BCUT2D eigenvalue weighted by Crippen LogP contribution is 2.10. The lowest BCUT2D eigenvalue weighted by Crippen LogP contribution is -2.21. The summed E-state index contributed by atoms with van der Waals surface area (Å²) in [4.78, 5) is 11.4. The number of carbonyl (C=O) groups is 1. The Balaban J connectivity index is 2.78. The highest BCUT2D eigenvalue weighted by molar-refractivity contribution is 7.92. The first kappa shape index (κ1) is 12.7. The van der Waals surface area contributed by atoms with E-state index in [9.17, 15) is 13.2 Å². The Morgan fingerprint density at radius 1 is 1.25 bits per heavy atom. The van der Waals surface area contributed by atoms with E-state index < -0.39 is 21.6 Å². The zero-order chi connectivity index (χ0) is 12.2. The van der Waals surface area contributed by atoms with Crippen LogP contribution in [0.2, 0.25) is 0 Å². The molecule has 0 aliphatic carbocycles. The molecular formula is C11H14O4S. The lowest BCUT2D eigenvalue weighted by molar-refractivity contribution is -0.144. The third-order valence-electron chi connectivity index (χ3n) is 1.78. The molecule has 1 aromatic rings. The van der Waals surface area contributed by atoms with Crippen LogP contribution in [-0.4, -0.2) is 26.2 Å². The Morgan fingerprint density at radius 2 is 1.81 bits per heavy atom. The second-order valence-electron chi connectivity index (χ2n) is 3.61. The van der Waals surface area contributed by atoms with E-state index in [1.54, 1.807) is 32.0 Å². The van der Waals surface area contributed by atoms with Gasteiger partial charge in [0.05, 0.1) is 11.0 Å². The molecule has 0 radical (unpaired) electrons. The van der Waals surface area contributed by atoms with E-state index in [4.69, 9.17) is 4.74 Å². The van der Waals surface area contributed by atoms with Crippen LogP contribution < -0.4 is 0 Å². The van der Waals surface area contributed by atoms with Crippen LogP contribution in [0.3, 0.4) is 0 Å². The summed E-state index contributed by atoms with van der Waals surface area (Å²) in [6.07, 6.45) is -0.307. The largest absolute Gasteiger partial charge is 0.462 e. The van der Waals surface area contributed by atoms with Gasteiger partial charge in [-0.2, -0.15) is 0 Å². The highest BCUT2D eigenvalue weighted by Gasteiger charge is 2.20. The van der Waals surface area contributed by atoms with E-state index in [0.717, 1.165) is 0 Å². The van der Waals surface area contributed by atoms with Gasteiger partial charge < -0.3 is 4.74 Å². The van der Waals surface area contributed by atoms with Gasteiger partial charge in [0.25, 0.3) is 0 Å². The molecule has 0 fully saturated rings. The van der Waals surface area contributed by atoms with E-state index in [1.165, 1.54) is 12.1 Å². The van der Waals surface area contributed by atoms with E-state index in [2.05, 4.69) is 0 Å². The van der Waals surface area contributed by atoms with Gasteiger partial charge in [-0.15, -0.1) is 0 Å². The first-order chi connectivity index (χ1) is 7.42. The van der Waals surface area contributed by atoms with Crippen LogP contribution in [-0.2, 0) is 19.4 Å². The third kappa shape index (κ3) is 3.66. The SMILES string of the molecule is CC(C)OC(=O)CS(=O)(=O)c1ccccc1. The fraction of sp³-hybridized carbons (Fsp3) is 0.364. The molecule has 5 heteroatoms. The van der Waals surface area contributed by atoms with Crippen molar-refractivity contribution in [2.45, 2.75) is 24.8 Å². The molecule has 1 rings (SSSR count). The summed E-state index contributed by atoms with van der Waals surface area (Å²) in [7, 11) is -3.58. The smallest absolute Gasteiger partial charge is 0.321 e. The summed E-state index contributed by atoms with van der Waals surface area (Å²) in [5, 5.41) is 0. The molecule has 0 saturated carbocycles. The molecule has 0 N–H and O–H groups in total. The minimum atomic E-state index is -3.58. The second-order valence-corrected chi connectivity index (χ2v) is 5.60. The van der Waals surface area contributed by atoms with Crippen LogP contribution in [0.1, 0.15) is 13.8 Å². The van der Waals surface area contributed by atoms with Crippen molar-refractivity contribution in [1.82, 2.24) is 0 Å². The van der Waals surface area contributed by atoms with Crippen LogP contribution in [0.25, 0.3) is 0 Å². The van der Waals surface area contributed by atoms with Crippen molar-refractivity contribution in [3.05, 3.63) is 30.3 Å². The molecule has 0 bridgehead atoms. The Morgan fingerprint density at radius 3 is 2.31 bits per heavy atom. The van der Waals surface area contributed by atoms with E-state index in [-0.39, 0.29) is 11.0 Å². The van der Waals surface area contributed by atoms with Crippen molar-refractivity contribution in [1.29, 1.82) is 0 Å². The highest BCUT2D eigenvalue weighted by atomic mass is 32.2. The van der Waals surface area contributed by atoms with Gasteiger partial charge in [0.2, 0.25) is 0 Å². The van der Waals surface area contributed by atoms with Gasteiger partial charge >= 0.3 is 5.97 Å². The predicted molar refractivity (Wildman–Crippen MR) is 59.7 cm³/mol. The predicted octanol–water partition coefficient (Wildman–Crippen LogP) is 1.41. The molecule has 0 amide bonds. The molecule has 0 saturated heterocycles. The lowest BCUT2D eigenvalue weighted by atomic mass is 10.4. The Bertz CT molecular complexity index is 448. The van der Waals surface area contributed by atoms with Crippen molar-refractivity contribution < 1.29 is 17.9 Å². The Labute approximate surface area is 95.2 Å². The quantitative estimate of drug-likeness (QED) is 0.749. The molecule has 0 aliphatic rings. The van der Waals surface area contributed by atoms with Crippen LogP contribution in [0.4, 0.5) is 0 Å². The van der Waals surface area contributed by atoms with Gasteiger partial charge in [-0.3, -0.25) is 4.79 Å². The fourth-order valence-corrected chi connectivity index (χ4v) is 2.28. The Hall–Kier alpha value is -1.36. The first-order valence-electron chi connectivity index (χ1n) is 4.89. The molecule has 0 spiro atoms. The average molecular weight is 242 g/mol. The van der Waals surface area contributed by atoms with Crippen molar-refractivity contribution in [2.24, 2.45) is 0 Å². The number of benzene rings is 1. The number of sulfone groups is 1. The average Bonchev–Trinajstić information content (AvgIpc) is 2.16. The van der Waals surface area contributed by atoms with Gasteiger partial charge in [0, 0.05) is 0 Å². The maximum atomic E-state index is 11.7. The molecule has 1 aromatic carbocycles. The van der Waals surface area contributed by atoms with Crippen molar-refractivity contribution >= 4 is 15.8 Å². The normalized spacial score (nSPS) is 11.4. The Kier molecular flexibility index (Phi) is 4.06. The molecule has 4 nitrogen and oxygen atoms in total. The van der Waals surface area contributed by atoms with Gasteiger partial charge in [-0.05, 0) is 26.0 Å². The maximum Gasteiger partial charge on any atom is 0.321 e. The maximum absolute atomic E-state index is 11.7. The van der Waals surface area contributed by atoms with Crippen LogP contribution in [0.15, 0.2) is 35.2 Å². The monoisotopic (exact) mass is 242 g/mol. The molecule has 0 atom stereocenters. The number of hydrogen-bond donors (Lipinski definition) is 0. The summed E-state index contributed by atoms with van der Waals surface area (Å²) in [5.74, 6) is -1.34. The molecule has 88 valence electrons. The fourth-order valence-electron chi connectivity index (χ4n) is 1.16. The minimum absolute atomic E-state index is 0.135. The standard InChI is InChI=1S/C11H14O4S/c1-9(2)15-11(12)8-16(13,14)10-6-4-3-5-7-10/h3-7,9H,8H2,1-2H3. The van der Waals surface area contributed by atoms with Crippen LogP contribution in [0, 0.1) is 0 Å². The molecule has 0 unspecified atom stereocenters.